The van der Waals surface area contributed by atoms with Gasteiger partial charge < -0.3 is 4.74 Å². The summed E-state index contributed by atoms with van der Waals surface area (Å²) in [5.74, 6) is -3.01. The van der Waals surface area contributed by atoms with Crippen molar-refractivity contribution in [3.05, 3.63) is 79.0 Å². The Hall–Kier alpha value is -3.84. The first-order chi connectivity index (χ1) is 17.3. The highest BCUT2D eigenvalue weighted by Crippen LogP contribution is 2.53. The number of rotatable bonds is 6. The van der Waals surface area contributed by atoms with Crippen molar-refractivity contribution < 1.29 is 24.0 Å². The SMILES string of the molecule is CCOC(=O)Cn1c2c(sc1=O)[C@@H](c1cccnc1)[C@@H]1C(=O)N(c3ccc([N+](=O)[O-])cc3)C(=O)[C@@H]1S2. The number of carbonyl (C=O) groups is 3. The lowest BCUT2D eigenvalue weighted by Crippen LogP contribution is -2.32. The van der Waals surface area contributed by atoms with Gasteiger partial charge in [0, 0.05) is 35.3 Å². The van der Waals surface area contributed by atoms with Gasteiger partial charge >= 0.3 is 10.8 Å². The van der Waals surface area contributed by atoms with E-state index in [0.29, 0.717) is 15.5 Å². The highest BCUT2D eigenvalue weighted by Gasteiger charge is 2.57. The van der Waals surface area contributed by atoms with E-state index >= 15 is 0 Å². The fourth-order valence-corrected chi connectivity index (χ4v) is 7.26. The number of hydrogen-bond acceptors (Lipinski definition) is 10. The Morgan fingerprint density at radius 1 is 1.17 bits per heavy atom. The van der Waals surface area contributed by atoms with Gasteiger partial charge in [0.1, 0.15) is 11.8 Å². The van der Waals surface area contributed by atoms with Gasteiger partial charge in [-0.25, -0.2) is 4.90 Å². The van der Waals surface area contributed by atoms with Crippen molar-refractivity contribution in [1.82, 2.24) is 9.55 Å². The molecule has 3 atom stereocenters. The van der Waals surface area contributed by atoms with Gasteiger partial charge in [-0.15, -0.1) is 0 Å². The first-order valence-electron chi connectivity index (χ1n) is 10.9. The standard InChI is InChI=1S/C23H18N4O7S2/c1-2-34-15(28)11-25-22-19(36-23(25)31)16(12-4-3-9-24-10-12)17-18(35-22)21(30)26(20(17)29)13-5-7-14(8-6-13)27(32)33/h3-10,16-18H,2,11H2,1H3/t16-,17-,18+/m0/s1. The second kappa shape index (κ2) is 9.32. The number of fused-ring (bicyclic) bond motifs is 2. The van der Waals surface area contributed by atoms with Crippen LogP contribution in [0.25, 0.3) is 0 Å². The normalized spacial score (nSPS) is 20.7. The summed E-state index contributed by atoms with van der Waals surface area (Å²) in [6.07, 6.45) is 3.17. The third-order valence-corrected chi connectivity index (χ3v) is 8.61. The number of ether oxygens (including phenoxy) is 1. The Morgan fingerprint density at radius 3 is 2.56 bits per heavy atom. The zero-order valence-electron chi connectivity index (χ0n) is 18.7. The van der Waals surface area contributed by atoms with Crippen molar-refractivity contribution >= 4 is 52.3 Å². The molecule has 5 rings (SSSR count). The zero-order chi connectivity index (χ0) is 25.6. The van der Waals surface area contributed by atoms with Crippen LogP contribution in [0.15, 0.2) is 58.6 Å². The Bertz CT molecular complexity index is 1430. The molecule has 4 heterocycles. The fourth-order valence-electron chi connectivity index (χ4n) is 4.49. The molecule has 0 N–H and O–H groups in total. The maximum atomic E-state index is 13.7. The number of carbonyl (C=O) groups excluding carboxylic acids is 3. The number of aromatic nitrogens is 2. The van der Waals surface area contributed by atoms with Crippen LogP contribution in [-0.2, 0) is 25.7 Å². The van der Waals surface area contributed by atoms with Crippen LogP contribution in [0.2, 0.25) is 0 Å². The zero-order valence-corrected chi connectivity index (χ0v) is 20.4. The van der Waals surface area contributed by atoms with E-state index < -0.39 is 39.8 Å². The van der Waals surface area contributed by atoms with Crippen LogP contribution in [0, 0.1) is 16.0 Å². The second-order valence-corrected chi connectivity index (χ2v) is 10.2. The Morgan fingerprint density at radius 2 is 1.92 bits per heavy atom. The third-order valence-electron chi connectivity index (χ3n) is 6.00. The predicted molar refractivity (Wildman–Crippen MR) is 130 cm³/mol. The lowest BCUT2D eigenvalue weighted by molar-refractivity contribution is -0.384. The molecule has 36 heavy (non-hydrogen) atoms. The van der Waals surface area contributed by atoms with Crippen molar-refractivity contribution in [3.8, 4) is 0 Å². The van der Waals surface area contributed by atoms with Crippen LogP contribution in [-0.4, -0.2) is 44.1 Å². The van der Waals surface area contributed by atoms with E-state index in [1.165, 1.54) is 28.8 Å². The van der Waals surface area contributed by atoms with Gasteiger partial charge in [-0.2, -0.15) is 0 Å². The minimum absolute atomic E-state index is 0.160. The molecule has 1 fully saturated rings. The molecule has 0 radical (unpaired) electrons. The van der Waals surface area contributed by atoms with Crippen LogP contribution in [0.4, 0.5) is 11.4 Å². The number of hydrogen-bond donors (Lipinski definition) is 0. The van der Waals surface area contributed by atoms with Crippen molar-refractivity contribution in [2.75, 3.05) is 11.5 Å². The van der Waals surface area contributed by atoms with Gasteiger partial charge in [0.2, 0.25) is 11.8 Å². The maximum absolute atomic E-state index is 13.7. The predicted octanol–water partition coefficient (Wildman–Crippen LogP) is 2.57. The molecule has 0 saturated carbocycles. The second-order valence-electron chi connectivity index (χ2n) is 8.04. The lowest BCUT2D eigenvalue weighted by atomic mass is 9.84. The van der Waals surface area contributed by atoms with Gasteiger partial charge in [0.05, 0.1) is 28.2 Å². The minimum Gasteiger partial charge on any atom is -0.465 e. The number of amides is 2. The molecule has 0 unspecified atom stereocenters. The first-order valence-corrected chi connectivity index (χ1v) is 12.6. The van der Waals surface area contributed by atoms with Crippen molar-refractivity contribution in [3.63, 3.8) is 0 Å². The summed E-state index contributed by atoms with van der Waals surface area (Å²) in [6.45, 7) is 1.52. The molecule has 2 aromatic heterocycles. The molecule has 184 valence electrons. The van der Waals surface area contributed by atoms with E-state index in [0.717, 1.165) is 28.0 Å². The van der Waals surface area contributed by atoms with Crippen molar-refractivity contribution in [2.45, 2.75) is 29.7 Å². The smallest absolute Gasteiger partial charge is 0.326 e. The highest BCUT2D eigenvalue weighted by atomic mass is 32.2. The average molecular weight is 527 g/mol. The number of nitro groups is 1. The summed E-state index contributed by atoms with van der Waals surface area (Å²) < 4.78 is 6.29. The quantitative estimate of drug-likeness (QED) is 0.205. The van der Waals surface area contributed by atoms with Crippen molar-refractivity contribution in [1.29, 1.82) is 0 Å². The molecule has 2 aliphatic heterocycles. The van der Waals surface area contributed by atoms with Crippen LogP contribution in [0.1, 0.15) is 23.3 Å². The number of nitro benzene ring substituents is 1. The van der Waals surface area contributed by atoms with E-state index in [2.05, 4.69) is 4.98 Å². The molecular weight excluding hydrogens is 508 g/mol. The molecule has 0 aliphatic carbocycles. The summed E-state index contributed by atoms with van der Waals surface area (Å²) in [4.78, 5) is 68.2. The Balaban J connectivity index is 1.60. The average Bonchev–Trinajstić information content (AvgIpc) is 3.31. The molecule has 0 spiro atoms. The van der Waals surface area contributed by atoms with E-state index in [9.17, 15) is 29.3 Å². The number of non-ortho nitro benzene ring substituents is 1. The van der Waals surface area contributed by atoms with E-state index in [-0.39, 0.29) is 29.4 Å². The molecule has 11 nitrogen and oxygen atoms in total. The topological polar surface area (TPSA) is 142 Å². The molecule has 1 aromatic carbocycles. The van der Waals surface area contributed by atoms with Crippen LogP contribution in [0.5, 0.6) is 0 Å². The number of thiazole rings is 1. The summed E-state index contributed by atoms with van der Waals surface area (Å²) in [6, 6.07) is 8.68. The van der Waals surface area contributed by atoms with Gasteiger partial charge in [0.25, 0.3) is 5.69 Å². The molecule has 2 aliphatic rings. The van der Waals surface area contributed by atoms with Crippen molar-refractivity contribution in [2.24, 2.45) is 5.92 Å². The lowest BCUT2D eigenvalue weighted by Gasteiger charge is -2.30. The summed E-state index contributed by atoms with van der Waals surface area (Å²) in [5, 5.41) is 10.6. The van der Waals surface area contributed by atoms with Gasteiger partial charge in [-0.1, -0.05) is 29.2 Å². The Kier molecular flexibility index (Phi) is 6.18. The molecular formula is C23H18N4O7S2. The van der Waals surface area contributed by atoms with Gasteiger partial charge in [-0.05, 0) is 30.7 Å². The minimum atomic E-state index is -0.868. The van der Waals surface area contributed by atoms with E-state index in [4.69, 9.17) is 4.74 Å². The summed E-state index contributed by atoms with van der Waals surface area (Å²) in [7, 11) is 0. The van der Waals surface area contributed by atoms with Crippen LogP contribution in [0.3, 0.4) is 0 Å². The number of esters is 1. The number of imide groups is 1. The first kappa shape index (κ1) is 23.9. The third kappa shape index (κ3) is 3.89. The molecule has 0 bridgehead atoms. The Labute approximate surface area is 211 Å². The van der Waals surface area contributed by atoms with E-state index in [1.54, 1.807) is 31.5 Å². The summed E-state index contributed by atoms with van der Waals surface area (Å²) in [5.41, 5.74) is 0.719. The molecule has 13 heteroatoms. The maximum Gasteiger partial charge on any atom is 0.326 e. The number of pyridine rings is 1. The largest absolute Gasteiger partial charge is 0.465 e. The monoisotopic (exact) mass is 526 g/mol. The van der Waals surface area contributed by atoms with E-state index in [1.807, 2.05) is 0 Å². The molecule has 1 saturated heterocycles. The number of benzene rings is 1. The van der Waals surface area contributed by atoms with Crippen LogP contribution >= 0.6 is 23.1 Å². The molecule has 3 aromatic rings. The highest BCUT2D eigenvalue weighted by molar-refractivity contribution is 8.00. The summed E-state index contributed by atoms with van der Waals surface area (Å²) >= 11 is 2.01. The number of nitrogens with zero attached hydrogens (tertiary/aromatic N) is 4. The van der Waals surface area contributed by atoms with Crippen LogP contribution < -0.4 is 9.77 Å². The molecule has 2 amide bonds. The number of thioether (sulfide) groups is 1. The van der Waals surface area contributed by atoms with Gasteiger partial charge in [0.15, 0.2) is 0 Å². The number of anilines is 1. The fraction of sp³-hybridized carbons (Fsp3) is 0.261. The van der Waals surface area contributed by atoms with Gasteiger partial charge in [-0.3, -0.25) is 38.8 Å².